The zero-order valence-corrected chi connectivity index (χ0v) is 5.23. The third kappa shape index (κ3) is 0.944. The lowest BCUT2D eigenvalue weighted by Gasteiger charge is -1.94. The van der Waals surface area contributed by atoms with Gasteiger partial charge in [0.2, 0.25) is 0 Å². The molecule has 0 bridgehead atoms. The second-order valence-corrected chi connectivity index (χ2v) is 2.48. The van der Waals surface area contributed by atoms with Gasteiger partial charge in [-0.05, 0) is 19.3 Å². The van der Waals surface area contributed by atoms with Crippen LogP contribution in [0, 0.1) is 0 Å². The van der Waals surface area contributed by atoms with E-state index in [0.29, 0.717) is 0 Å². The van der Waals surface area contributed by atoms with Gasteiger partial charge in [0, 0.05) is 0 Å². The van der Waals surface area contributed by atoms with Gasteiger partial charge in [0.15, 0.2) is 0 Å². The second kappa shape index (κ2) is 2.35. The van der Waals surface area contributed by atoms with Crippen LogP contribution >= 0.6 is 11.6 Å². The van der Waals surface area contributed by atoms with E-state index in [1.165, 1.54) is 0 Å². The van der Waals surface area contributed by atoms with Crippen molar-refractivity contribution in [2.45, 2.75) is 24.6 Å². The molecule has 1 fully saturated rings. The van der Waals surface area contributed by atoms with Gasteiger partial charge in [-0.2, -0.15) is 0 Å². The van der Waals surface area contributed by atoms with E-state index in [1.54, 1.807) is 0 Å². The average molecular weight is 134 g/mol. The molecule has 0 spiro atoms. The minimum absolute atomic E-state index is 0. The number of hydrogen-bond acceptors (Lipinski definition) is 2. The van der Waals surface area contributed by atoms with Crippen LogP contribution in [0.3, 0.4) is 0 Å². The van der Waals surface area contributed by atoms with Crippen LogP contribution in [0.25, 0.3) is 0 Å². The average Bonchev–Trinajstić information content (AvgIpc) is 2.14. The lowest BCUT2D eigenvalue weighted by Crippen LogP contribution is -2.03. The maximum absolute atomic E-state index is 8.24. The Morgan fingerprint density at radius 1 is 1.75 bits per heavy atom. The molecular weight excluding hydrogens is 126 g/mol. The van der Waals surface area contributed by atoms with E-state index in [0.717, 1.165) is 25.0 Å². The predicted molar refractivity (Wildman–Crippen MR) is 32.7 cm³/mol. The van der Waals surface area contributed by atoms with Crippen molar-refractivity contribution in [2.75, 3.05) is 0 Å². The molecule has 1 rings (SSSR count). The smallest absolute Gasteiger partial charge is 0.0751 e. The molecular formula is C5H8ClNO. The van der Waals surface area contributed by atoms with Crippen molar-refractivity contribution in [3.05, 3.63) is 0 Å². The minimum Gasteiger partial charge on any atom is -0.411 e. The Hall–Kier alpha value is -0.240. The summed E-state index contributed by atoms with van der Waals surface area (Å²) in [6.45, 7) is 0. The lowest BCUT2D eigenvalue weighted by molar-refractivity contribution is 0.317. The second-order valence-electron chi connectivity index (χ2n) is 1.95. The highest BCUT2D eigenvalue weighted by Gasteiger charge is 2.19. The molecule has 2 nitrogen and oxygen atoms in total. The fourth-order valence-electron chi connectivity index (χ4n) is 0.898. The van der Waals surface area contributed by atoms with Crippen LogP contribution < -0.4 is 0 Å². The van der Waals surface area contributed by atoms with E-state index in [2.05, 4.69) is 5.16 Å². The summed E-state index contributed by atoms with van der Waals surface area (Å²) in [5.41, 5.74) is 0.742. The highest BCUT2D eigenvalue weighted by molar-refractivity contribution is 6.32. The summed E-state index contributed by atoms with van der Waals surface area (Å²) < 4.78 is 0. The summed E-state index contributed by atoms with van der Waals surface area (Å²) in [7, 11) is 0. The number of alkyl halides is 1. The molecule has 8 heavy (non-hydrogen) atoms. The van der Waals surface area contributed by atoms with Crippen LogP contribution in [0.4, 0.5) is 0 Å². The summed E-state index contributed by atoms with van der Waals surface area (Å²) in [5, 5.41) is 11.3. The largest absolute Gasteiger partial charge is 0.411 e. The van der Waals surface area contributed by atoms with E-state index in [9.17, 15) is 0 Å². The van der Waals surface area contributed by atoms with Gasteiger partial charge in [-0.25, -0.2) is 0 Å². The monoisotopic (exact) mass is 133 g/mol. The van der Waals surface area contributed by atoms with Gasteiger partial charge in [-0.15, -0.1) is 11.6 Å². The van der Waals surface area contributed by atoms with Crippen molar-refractivity contribution in [3.63, 3.8) is 0 Å². The maximum Gasteiger partial charge on any atom is 0.0751 e. The molecule has 1 aliphatic carbocycles. The first-order valence-corrected chi connectivity index (χ1v) is 3.13. The van der Waals surface area contributed by atoms with Crippen molar-refractivity contribution in [1.82, 2.24) is 0 Å². The summed E-state index contributed by atoms with van der Waals surface area (Å²) >= 11 is 5.69. The Balaban J connectivity index is 2.55. The van der Waals surface area contributed by atoms with Crippen LogP contribution in [0.5, 0.6) is 0 Å². The zero-order chi connectivity index (χ0) is 5.98. The molecule has 0 radical (unpaired) electrons. The summed E-state index contributed by atoms with van der Waals surface area (Å²) in [6, 6.07) is 0. The first-order chi connectivity index (χ1) is 3.84. The van der Waals surface area contributed by atoms with Crippen LogP contribution in [-0.2, 0) is 0 Å². The molecule has 1 saturated carbocycles. The standard InChI is InChI=1S/C5H8ClNO/c6-4-2-1-3-5(4)7-8/h4,8H,1-3H2/b7-5-. The van der Waals surface area contributed by atoms with E-state index in [1.807, 2.05) is 0 Å². The summed E-state index contributed by atoms with van der Waals surface area (Å²) in [6.07, 6.45) is 2.89. The van der Waals surface area contributed by atoms with Crippen LogP contribution in [0.1, 0.15) is 19.3 Å². The van der Waals surface area contributed by atoms with Gasteiger partial charge in [0.05, 0.1) is 11.1 Å². The molecule has 0 heterocycles. The van der Waals surface area contributed by atoms with Crippen molar-refractivity contribution in [2.24, 2.45) is 5.16 Å². The van der Waals surface area contributed by atoms with Crippen molar-refractivity contribution in [3.8, 4) is 0 Å². The number of oxime groups is 1. The van der Waals surface area contributed by atoms with Gasteiger partial charge < -0.3 is 5.21 Å². The Morgan fingerprint density at radius 3 is 2.75 bits per heavy atom. The first kappa shape index (κ1) is 5.89. The maximum atomic E-state index is 8.24. The molecule has 0 aliphatic heterocycles. The Kier molecular flexibility index (Phi) is 1.73. The molecule has 1 atom stereocenters. The van der Waals surface area contributed by atoms with Crippen LogP contribution in [0.15, 0.2) is 5.16 Å². The number of nitrogens with zero attached hydrogens (tertiary/aromatic N) is 1. The van der Waals surface area contributed by atoms with Gasteiger partial charge in [-0.1, -0.05) is 5.16 Å². The Bertz CT molecular complexity index is 113. The minimum atomic E-state index is 0. The highest BCUT2D eigenvalue weighted by atomic mass is 35.5. The lowest BCUT2D eigenvalue weighted by atomic mass is 10.3. The van der Waals surface area contributed by atoms with Gasteiger partial charge >= 0.3 is 0 Å². The van der Waals surface area contributed by atoms with Crippen LogP contribution in [-0.4, -0.2) is 16.3 Å². The number of rotatable bonds is 0. The Morgan fingerprint density at radius 2 is 2.50 bits per heavy atom. The molecule has 1 N–H and O–H groups in total. The quantitative estimate of drug-likeness (QED) is 0.304. The summed E-state index contributed by atoms with van der Waals surface area (Å²) in [5.74, 6) is 0. The van der Waals surface area contributed by atoms with Gasteiger partial charge in [0.1, 0.15) is 0 Å². The van der Waals surface area contributed by atoms with Crippen LogP contribution in [0.2, 0.25) is 0 Å². The van der Waals surface area contributed by atoms with Crippen molar-refractivity contribution < 1.29 is 5.21 Å². The predicted octanol–water partition coefficient (Wildman–Crippen LogP) is 1.61. The Labute approximate surface area is 53.1 Å². The normalized spacial score (nSPS) is 34.1. The summed E-state index contributed by atoms with van der Waals surface area (Å²) in [4.78, 5) is 0. The molecule has 0 aromatic carbocycles. The van der Waals surface area contributed by atoms with E-state index in [-0.39, 0.29) is 5.38 Å². The molecule has 0 aromatic rings. The van der Waals surface area contributed by atoms with E-state index < -0.39 is 0 Å². The molecule has 0 aromatic heterocycles. The molecule has 0 amide bonds. The number of halogens is 1. The third-order valence-corrected chi connectivity index (χ3v) is 1.85. The molecule has 46 valence electrons. The molecule has 0 saturated heterocycles. The van der Waals surface area contributed by atoms with E-state index in [4.69, 9.17) is 16.8 Å². The van der Waals surface area contributed by atoms with Gasteiger partial charge in [-0.3, -0.25) is 0 Å². The SMILES string of the molecule is O/N=C1/CCCC1Cl. The fraction of sp³-hybridized carbons (Fsp3) is 0.800. The topological polar surface area (TPSA) is 32.6 Å². The third-order valence-electron chi connectivity index (χ3n) is 1.38. The number of hydrogen-bond donors (Lipinski definition) is 1. The highest BCUT2D eigenvalue weighted by Crippen LogP contribution is 2.20. The van der Waals surface area contributed by atoms with Crippen molar-refractivity contribution >= 4 is 17.3 Å². The molecule has 1 unspecified atom stereocenters. The van der Waals surface area contributed by atoms with Gasteiger partial charge in [0.25, 0.3) is 0 Å². The molecule has 3 heteroatoms. The van der Waals surface area contributed by atoms with E-state index >= 15 is 0 Å². The van der Waals surface area contributed by atoms with Crippen molar-refractivity contribution in [1.29, 1.82) is 0 Å². The fourth-order valence-corrected chi connectivity index (χ4v) is 1.21. The molecule has 1 aliphatic rings. The zero-order valence-electron chi connectivity index (χ0n) is 4.47. The first-order valence-electron chi connectivity index (χ1n) is 2.69.